The van der Waals surface area contributed by atoms with Crippen LogP contribution in [-0.4, -0.2) is 54.0 Å². The average molecular weight is 381 g/mol. The number of aryl methyl sites for hydroxylation is 1. The summed E-state index contributed by atoms with van der Waals surface area (Å²) in [4.78, 5) is 39.4. The maximum atomic E-state index is 12.7. The molecule has 1 fully saturated rings. The van der Waals surface area contributed by atoms with Crippen LogP contribution in [0.25, 0.3) is 0 Å². The van der Waals surface area contributed by atoms with E-state index in [0.717, 1.165) is 11.3 Å². The molecule has 7 nitrogen and oxygen atoms in total. The number of carbonyl (C=O) groups excluding carboxylic acids is 2. The Bertz CT molecular complexity index is 918. The van der Waals surface area contributed by atoms with Crippen molar-refractivity contribution in [3.63, 3.8) is 0 Å². The van der Waals surface area contributed by atoms with Gasteiger partial charge in [-0.3, -0.25) is 9.59 Å². The lowest BCUT2D eigenvalue weighted by atomic mass is 10.1. The topological polar surface area (TPSA) is 90.0 Å². The zero-order valence-corrected chi connectivity index (χ0v) is 15.9. The molecule has 7 heteroatoms. The summed E-state index contributed by atoms with van der Waals surface area (Å²) < 4.78 is 0. The van der Waals surface area contributed by atoms with Gasteiger partial charge in [-0.25, -0.2) is 4.79 Å². The summed E-state index contributed by atoms with van der Waals surface area (Å²) in [5.74, 6) is -1.32. The van der Waals surface area contributed by atoms with Crippen LogP contribution in [0, 0.1) is 6.92 Å². The third-order valence-corrected chi connectivity index (χ3v) is 4.84. The standard InChI is InChI=1S/C21H23N3O4/c1-14-4-3-5-16(12-14)20(26)22-18-13-17(21(27)28)6-7-19(18)24-10-8-23(9-11-24)15(2)25/h3-7,12-13H,8-11H2,1-2H3,(H,22,26)(H,27,28). The molecule has 3 rings (SSSR count). The molecule has 0 aromatic heterocycles. The summed E-state index contributed by atoms with van der Waals surface area (Å²) in [5, 5.41) is 12.2. The molecule has 0 atom stereocenters. The van der Waals surface area contributed by atoms with Crippen molar-refractivity contribution in [2.75, 3.05) is 36.4 Å². The molecule has 2 aromatic rings. The van der Waals surface area contributed by atoms with Gasteiger partial charge < -0.3 is 20.2 Å². The molecular formula is C21H23N3O4. The van der Waals surface area contributed by atoms with Crippen molar-refractivity contribution in [1.82, 2.24) is 4.90 Å². The molecule has 1 aliphatic heterocycles. The van der Waals surface area contributed by atoms with E-state index in [-0.39, 0.29) is 17.4 Å². The molecule has 146 valence electrons. The van der Waals surface area contributed by atoms with Crippen molar-refractivity contribution in [1.29, 1.82) is 0 Å². The Hall–Kier alpha value is -3.35. The third kappa shape index (κ3) is 4.31. The second kappa shape index (κ2) is 8.12. The van der Waals surface area contributed by atoms with Gasteiger partial charge in [0.15, 0.2) is 0 Å². The smallest absolute Gasteiger partial charge is 0.335 e. The van der Waals surface area contributed by atoms with E-state index in [2.05, 4.69) is 10.2 Å². The highest BCUT2D eigenvalue weighted by Gasteiger charge is 2.22. The summed E-state index contributed by atoms with van der Waals surface area (Å²) in [6.07, 6.45) is 0. The molecule has 2 N–H and O–H groups in total. The lowest BCUT2D eigenvalue weighted by molar-refractivity contribution is -0.129. The van der Waals surface area contributed by atoms with Crippen LogP contribution < -0.4 is 10.2 Å². The zero-order chi connectivity index (χ0) is 20.3. The number of nitrogens with one attached hydrogen (secondary N) is 1. The number of anilines is 2. The zero-order valence-electron chi connectivity index (χ0n) is 15.9. The van der Waals surface area contributed by atoms with E-state index in [0.29, 0.717) is 37.4 Å². The fraction of sp³-hybridized carbons (Fsp3) is 0.286. The number of nitrogens with zero attached hydrogens (tertiary/aromatic N) is 2. The van der Waals surface area contributed by atoms with E-state index >= 15 is 0 Å². The second-order valence-corrected chi connectivity index (χ2v) is 6.85. The Kier molecular flexibility index (Phi) is 5.63. The number of carboxylic acid groups (broad SMARTS) is 1. The fourth-order valence-corrected chi connectivity index (χ4v) is 3.29. The van der Waals surface area contributed by atoms with E-state index < -0.39 is 5.97 Å². The molecule has 0 radical (unpaired) electrons. The van der Waals surface area contributed by atoms with Gasteiger partial charge in [-0.2, -0.15) is 0 Å². The molecule has 2 aromatic carbocycles. The first-order valence-corrected chi connectivity index (χ1v) is 9.11. The number of hydrogen-bond donors (Lipinski definition) is 2. The summed E-state index contributed by atoms with van der Waals surface area (Å²) in [5.41, 5.74) is 2.77. The number of aromatic carboxylic acids is 1. The predicted molar refractivity (Wildman–Crippen MR) is 107 cm³/mol. The van der Waals surface area contributed by atoms with Crippen LogP contribution in [0.15, 0.2) is 42.5 Å². The van der Waals surface area contributed by atoms with E-state index in [9.17, 15) is 19.5 Å². The van der Waals surface area contributed by atoms with Gasteiger partial charge in [0.25, 0.3) is 5.91 Å². The van der Waals surface area contributed by atoms with Crippen LogP contribution in [0.5, 0.6) is 0 Å². The van der Waals surface area contributed by atoms with Crippen LogP contribution in [0.3, 0.4) is 0 Å². The molecule has 1 saturated heterocycles. The van der Waals surface area contributed by atoms with Gasteiger partial charge in [-0.1, -0.05) is 17.7 Å². The largest absolute Gasteiger partial charge is 0.478 e. The van der Waals surface area contributed by atoms with Crippen molar-refractivity contribution in [3.8, 4) is 0 Å². The second-order valence-electron chi connectivity index (χ2n) is 6.85. The number of carboxylic acids is 1. The van der Waals surface area contributed by atoms with E-state index in [1.54, 1.807) is 36.1 Å². The van der Waals surface area contributed by atoms with Crippen molar-refractivity contribution in [2.45, 2.75) is 13.8 Å². The highest BCUT2D eigenvalue weighted by Crippen LogP contribution is 2.29. The lowest BCUT2D eigenvalue weighted by Gasteiger charge is -2.36. The third-order valence-electron chi connectivity index (χ3n) is 4.84. The first-order valence-electron chi connectivity index (χ1n) is 9.11. The van der Waals surface area contributed by atoms with E-state index in [1.807, 2.05) is 13.0 Å². The fourth-order valence-electron chi connectivity index (χ4n) is 3.29. The summed E-state index contributed by atoms with van der Waals surface area (Å²) in [6, 6.07) is 11.9. The number of benzene rings is 2. The molecule has 0 aliphatic carbocycles. The lowest BCUT2D eigenvalue weighted by Crippen LogP contribution is -2.48. The summed E-state index contributed by atoms with van der Waals surface area (Å²) >= 11 is 0. The van der Waals surface area contributed by atoms with Crippen LogP contribution in [-0.2, 0) is 4.79 Å². The van der Waals surface area contributed by atoms with Crippen molar-refractivity contribution < 1.29 is 19.5 Å². The van der Waals surface area contributed by atoms with Gasteiger partial charge in [0.05, 0.1) is 16.9 Å². The minimum Gasteiger partial charge on any atom is -0.478 e. The molecule has 0 unspecified atom stereocenters. The van der Waals surface area contributed by atoms with Gasteiger partial charge >= 0.3 is 5.97 Å². The van der Waals surface area contributed by atoms with Crippen LogP contribution in [0.1, 0.15) is 33.2 Å². The van der Waals surface area contributed by atoms with Crippen molar-refractivity contribution >= 4 is 29.2 Å². The Morgan fingerprint density at radius 3 is 2.29 bits per heavy atom. The van der Waals surface area contributed by atoms with Crippen LogP contribution >= 0.6 is 0 Å². The monoisotopic (exact) mass is 381 g/mol. The minimum atomic E-state index is -1.06. The predicted octanol–water partition coefficient (Wildman–Crippen LogP) is 2.61. The highest BCUT2D eigenvalue weighted by atomic mass is 16.4. The average Bonchev–Trinajstić information content (AvgIpc) is 2.68. The molecule has 1 heterocycles. The summed E-state index contributed by atoms with van der Waals surface area (Å²) in [6.45, 7) is 5.84. The Labute approximate surface area is 163 Å². The molecule has 0 bridgehead atoms. The highest BCUT2D eigenvalue weighted by molar-refractivity contribution is 6.06. The molecule has 2 amide bonds. The number of hydrogen-bond acceptors (Lipinski definition) is 4. The molecule has 1 aliphatic rings. The van der Waals surface area contributed by atoms with Gasteiger partial charge in [0.1, 0.15) is 0 Å². The van der Waals surface area contributed by atoms with E-state index in [1.165, 1.54) is 12.1 Å². The van der Waals surface area contributed by atoms with Gasteiger partial charge in [0.2, 0.25) is 5.91 Å². The quantitative estimate of drug-likeness (QED) is 0.850. The maximum Gasteiger partial charge on any atom is 0.335 e. The first kappa shape index (κ1) is 19.4. The molecular weight excluding hydrogens is 358 g/mol. The van der Waals surface area contributed by atoms with Crippen molar-refractivity contribution in [2.24, 2.45) is 0 Å². The normalized spacial score (nSPS) is 13.9. The first-order chi connectivity index (χ1) is 13.3. The molecule has 0 spiro atoms. The number of carbonyl (C=O) groups is 3. The Morgan fingerprint density at radius 1 is 0.964 bits per heavy atom. The van der Waals surface area contributed by atoms with E-state index in [4.69, 9.17) is 0 Å². The number of piperazine rings is 1. The molecule has 0 saturated carbocycles. The van der Waals surface area contributed by atoms with Gasteiger partial charge in [-0.15, -0.1) is 0 Å². The summed E-state index contributed by atoms with van der Waals surface area (Å²) in [7, 11) is 0. The Balaban J connectivity index is 1.87. The minimum absolute atomic E-state index is 0.0360. The SMILES string of the molecule is CC(=O)N1CCN(c2ccc(C(=O)O)cc2NC(=O)c2cccc(C)c2)CC1. The van der Waals surface area contributed by atoms with Gasteiger partial charge in [0, 0.05) is 38.7 Å². The number of rotatable bonds is 4. The van der Waals surface area contributed by atoms with Crippen LogP contribution in [0.2, 0.25) is 0 Å². The number of amides is 2. The van der Waals surface area contributed by atoms with Crippen molar-refractivity contribution in [3.05, 3.63) is 59.2 Å². The van der Waals surface area contributed by atoms with Crippen LogP contribution in [0.4, 0.5) is 11.4 Å². The maximum absolute atomic E-state index is 12.7. The van der Waals surface area contributed by atoms with Gasteiger partial charge in [-0.05, 0) is 37.3 Å². The molecule has 28 heavy (non-hydrogen) atoms. The Morgan fingerprint density at radius 2 is 1.68 bits per heavy atom.